The van der Waals surface area contributed by atoms with Crippen LogP contribution in [0.15, 0.2) is 47.9 Å². The smallest absolute Gasteiger partial charge is 0.244 e. The van der Waals surface area contributed by atoms with Gasteiger partial charge in [-0.15, -0.1) is 11.3 Å². The van der Waals surface area contributed by atoms with Crippen molar-refractivity contribution in [2.24, 2.45) is 5.92 Å². The van der Waals surface area contributed by atoms with Crippen LogP contribution in [0.25, 0.3) is 6.08 Å². The van der Waals surface area contributed by atoms with E-state index in [9.17, 15) is 4.79 Å². The third-order valence-electron chi connectivity index (χ3n) is 3.43. The molecule has 1 atom stereocenters. The van der Waals surface area contributed by atoms with Gasteiger partial charge in [-0.3, -0.25) is 4.79 Å². The number of rotatable bonds is 7. The Labute approximate surface area is 142 Å². The number of nitrogens with one attached hydrogen (secondary N) is 1. The first kappa shape index (κ1) is 17.3. The standard InChI is InChI=1S/C19H23NO2S/c1-4-22-16-10-7-15(8-11-16)9-12-18(21)20-19(14(2)3)17-6-5-13-23-17/h5-14,19H,4H2,1-3H3,(H,20,21)/b12-9+/t19-/m0/s1. The van der Waals surface area contributed by atoms with Gasteiger partial charge in [0.1, 0.15) is 5.75 Å². The molecule has 1 heterocycles. The first-order valence-corrected chi connectivity index (χ1v) is 8.73. The van der Waals surface area contributed by atoms with Gasteiger partial charge in [0.25, 0.3) is 0 Å². The van der Waals surface area contributed by atoms with Gasteiger partial charge in [-0.25, -0.2) is 0 Å². The third-order valence-corrected chi connectivity index (χ3v) is 4.39. The second-order valence-electron chi connectivity index (χ2n) is 5.58. The summed E-state index contributed by atoms with van der Waals surface area (Å²) in [5.41, 5.74) is 0.973. The van der Waals surface area contributed by atoms with Crippen LogP contribution in [-0.2, 0) is 4.79 Å². The van der Waals surface area contributed by atoms with E-state index < -0.39 is 0 Å². The first-order chi connectivity index (χ1) is 11.1. The average Bonchev–Trinajstić information content (AvgIpc) is 3.06. The molecule has 0 saturated carbocycles. The summed E-state index contributed by atoms with van der Waals surface area (Å²) in [6.07, 6.45) is 3.40. The van der Waals surface area contributed by atoms with Crippen LogP contribution in [0.5, 0.6) is 5.75 Å². The van der Waals surface area contributed by atoms with Crippen molar-refractivity contribution < 1.29 is 9.53 Å². The van der Waals surface area contributed by atoms with E-state index in [-0.39, 0.29) is 11.9 Å². The molecule has 122 valence electrons. The Hall–Kier alpha value is -2.07. The van der Waals surface area contributed by atoms with Crippen molar-refractivity contribution in [1.82, 2.24) is 5.32 Å². The van der Waals surface area contributed by atoms with Crippen LogP contribution in [0.1, 0.15) is 37.3 Å². The van der Waals surface area contributed by atoms with Crippen molar-refractivity contribution in [3.8, 4) is 5.75 Å². The molecule has 0 aliphatic rings. The molecule has 0 unspecified atom stereocenters. The largest absolute Gasteiger partial charge is 0.494 e. The molecule has 0 saturated heterocycles. The monoisotopic (exact) mass is 329 g/mol. The summed E-state index contributed by atoms with van der Waals surface area (Å²) in [6, 6.07) is 11.8. The zero-order chi connectivity index (χ0) is 16.7. The van der Waals surface area contributed by atoms with Gasteiger partial charge in [-0.1, -0.05) is 32.0 Å². The van der Waals surface area contributed by atoms with Gasteiger partial charge in [0, 0.05) is 11.0 Å². The van der Waals surface area contributed by atoms with Gasteiger partial charge in [-0.2, -0.15) is 0 Å². The Morgan fingerprint density at radius 1 is 1.26 bits per heavy atom. The Balaban J connectivity index is 1.97. The maximum atomic E-state index is 12.2. The second kappa shape index (κ2) is 8.53. The van der Waals surface area contributed by atoms with Gasteiger partial charge < -0.3 is 10.1 Å². The topological polar surface area (TPSA) is 38.3 Å². The van der Waals surface area contributed by atoms with Crippen LogP contribution in [0, 0.1) is 5.92 Å². The molecule has 0 fully saturated rings. The number of carbonyl (C=O) groups is 1. The molecule has 0 aliphatic heterocycles. The van der Waals surface area contributed by atoms with E-state index in [0.717, 1.165) is 11.3 Å². The Bertz CT molecular complexity index is 630. The van der Waals surface area contributed by atoms with Crippen molar-refractivity contribution >= 4 is 23.3 Å². The molecule has 23 heavy (non-hydrogen) atoms. The minimum Gasteiger partial charge on any atom is -0.494 e. The summed E-state index contributed by atoms with van der Waals surface area (Å²) < 4.78 is 5.40. The van der Waals surface area contributed by atoms with E-state index in [1.807, 2.05) is 48.7 Å². The number of ether oxygens (including phenoxy) is 1. The van der Waals surface area contributed by atoms with Crippen LogP contribution >= 0.6 is 11.3 Å². The summed E-state index contributed by atoms with van der Waals surface area (Å²) in [6.45, 7) is 6.83. The van der Waals surface area contributed by atoms with Crippen LogP contribution in [-0.4, -0.2) is 12.5 Å². The van der Waals surface area contributed by atoms with Crippen molar-refractivity contribution in [2.45, 2.75) is 26.8 Å². The van der Waals surface area contributed by atoms with Crippen LogP contribution in [0.3, 0.4) is 0 Å². The molecule has 0 spiro atoms. The lowest BCUT2D eigenvalue weighted by atomic mass is 10.0. The maximum Gasteiger partial charge on any atom is 0.244 e. The Morgan fingerprint density at radius 2 is 2.00 bits per heavy atom. The van der Waals surface area contributed by atoms with E-state index in [4.69, 9.17) is 4.74 Å². The van der Waals surface area contributed by atoms with E-state index >= 15 is 0 Å². The van der Waals surface area contributed by atoms with E-state index in [1.165, 1.54) is 4.88 Å². The summed E-state index contributed by atoms with van der Waals surface area (Å²) in [5.74, 6) is 1.11. The SMILES string of the molecule is CCOc1ccc(/C=C/C(=O)N[C@H](c2cccs2)C(C)C)cc1. The molecule has 1 N–H and O–H groups in total. The van der Waals surface area contributed by atoms with Crippen molar-refractivity contribution in [2.75, 3.05) is 6.61 Å². The quantitative estimate of drug-likeness (QED) is 0.749. The lowest BCUT2D eigenvalue weighted by molar-refractivity contribution is -0.117. The highest BCUT2D eigenvalue weighted by Crippen LogP contribution is 2.25. The zero-order valence-electron chi connectivity index (χ0n) is 13.8. The average molecular weight is 329 g/mol. The van der Waals surface area contributed by atoms with E-state index in [1.54, 1.807) is 17.4 Å². The highest BCUT2D eigenvalue weighted by atomic mass is 32.1. The molecule has 3 nitrogen and oxygen atoms in total. The molecule has 0 radical (unpaired) electrons. The van der Waals surface area contributed by atoms with Gasteiger partial charge in [0.15, 0.2) is 0 Å². The van der Waals surface area contributed by atoms with Crippen LogP contribution in [0.2, 0.25) is 0 Å². The molecule has 0 aliphatic carbocycles. The number of hydrogen-bond acceptors (Lipinski definition) is 3. The maximum absolute atomic E-state index is 12.2. The molecule has 2 aromatic rings. The zero-order valence-corrected chi connectivity index (χ0v) is 14.6. The molecule has 2 rings (SSSR count). The summed E-state index contributed by atoms with van der Waals surface area (Å²) >= 11 is 1.67. The molecule has 1 aromatic heterocycles. The number of benzene rings is 1. The number of thiophene rings is 1. The predicted molar refractivity (Wildman–Crippen MR) is 96.7 cm³/mol. The number of amides is 1. The lowest BCUT2D eigenvalue weighted by Crippen LogP contribution is -2.29. The second-order valence-corrected chi connectivity index (χ2v) is 6.56. The normalized spacial score (nSPS) is 12.5. The molecular formula is C19H23NO2S. The van der Waals surface area contributed by atoms with Gasteiger partial charge in [0.05, 0.1) is 12.6 Å². The van der Waals surface area contributed by atoms with E-state index in [0.29, 0.717) is 12.5 Å². The van der Waals surface area contributed by atoms with Crippen molar-refractivity contribution in [1.29, 1.82) is 0 Å². The Morgan fingerprint density at radius 3 is 2.57 bits per heavy atom. The van der Waals surface area contributed by atoms with E-state index in [2.05, 4.69) is 25.2 Å². The number of hydrogen-bond donors (Lipinski definition) is 1. The minimum absolute atomic E-state index is 0.0486. The van der Waals surface area contributed by atoms with Gasteiger partial charge in [0.2, 0.25) is 5.91 Å². The molecule has 4 heteroatoms. The fourth-order valence-electron chi connectivity index (χ4n) is 2.25. The summed E-state index contributed by atoms with van der Waals surface area (Å²) in [5, 5.41) is 5.12. The molecule has 1 aromatic carbocycles. The van der Waals surface area contributed by atoms with Crippen molar-refractivity contribution in [3.05, 3.63) is 58.3 Å². The lowest BCUT2D eigenvalue weighted by Gasteiger charge is -2.20. The summed E-state index contributed by atoms with van der Waals surface area (Å²) in [7, 11) is 0. The van der Waals surface area contributed by atoms with Crippen LogP contribution < -0.4 is 10.1 Å². The highest BCUT2D eigenvalue weighted by molar-refractivity contribution is 7.10. The predicted octanol–water partition coefficient (Wildman–Crippen LogP) is 4.67. The minimum atomic E-state index is -0.0778. The molecule has 1 amide bonds. The molecule has 0 bridgehead atoms. The van der Waals surface area contributed by atoms with Gasteiger partial charge in [-0.05, 0) is 48.1 Å². The Kier molecular flexibility index (Phi) is 6.41. The number of carbonyl (C=O) groups excluding carboxylic acids is 1. The third kappa shape index (κ3) is 5.25. The van der Waals surface area contributed by atoms with Crippen LogP contribution in [0.4, 0.5) is 0 Å². The first-order valence-electron chi connectivity index (χ1n) is 7.85. The van der Waals surface area contributed by atoms with Crippen molar-refractivity contribution in [3.63, 3.8) is 0 Å². The molecular weight excluding hydrogens is 306 g/mol. The fraction of sp³-hybridized carbons (Fsp3) is 0.316. The fourth-order valence-corrected chi connectivity index (χ4v) is 3.20. The highest BCUT2D eigenvalue weighted by Gasteiger charge is 2.17. The summed E-state index contributed by atoms with van der Waals surface area (Å²) in [4.78, 5) is 13.4. The van der Waals surface area contributed by atoms with Gasteiger partial charge >= 0.3 is 0 Å².